The lowest BCUT2D eigenvalue weighted by atomic mass is 10.0. The van der Waals surface area contributed by atoms with E-state index in [1.165, 1.54) is 0 Å². The number of benzene rings is 2. The number of hydrogen-bond acceptors (Lipinski definition) is 2. The van der Waals surface area contributed by atoms with Crippen LogP contribution in [-0.4, -0.2) is 12.1 Å². The van der Waals surface area contributed by atoms with Crippen molar-refractivity contribution in [3.05, 3.63) is 59.2 Å². The van der Waals surface area contributed by atoms with Gasteiger partial charge in [-0.3, -0.25) is 9.59 Å². The molecule has 0 saturated heterocycles. The fourth-order valence-electron chi connectivity index (χ4n) is 2.12. The van der Waals surface area contributed by atoms with E-state index in [2.05, 4.69) is 0 Å². The van der Waals surface area contributed by atoms with Crippen LogP contribution in [0.15, 0.2) is 42.5 Å². The molecule has 0 spiro atoms. The number of carbonyl (C=O) groups is 2. The molecule has 16 heavy (non-hydrogen) atoms. The third-order valence-electron chi connectivity index (χ3n) is 2.89. The standard InChI is InChI=1S/C14H8O2/c15-8-9-5-6-12-13(7-9)10-3-1-2-4-11(10)14(12)16/h1-8H. The number of ketones is 1. The highest BCUT2D eigenvalue weighted by Gasteiger charge is 2.25. The topological polar surface area (TPSA) is 34.1 Å². The maximum atomic E-state index is 12.0. The maximum absolute atomic E-state index is 12.0. The molecule has 0 aliphatic heterocycles. The van der Waals surface area contributed by atoms with Crippen molar-refractivity contribution in [3.8, 4) is 11.1 Å². The first-order chi connectivity index (χ1) is 7.81. The molecule has 0 atom stereocenters. The first-order valence-corrected chi connectivity index (χ1v) is 5.04. The minimum Gasteiger partial charge on any atom is -0.298 e. The molecule has 2 aromatic carbocycles. The van der Waals surface area contributed by atoms with Crippen molar-refractivity contribution in [2.75, 3.05) is 0 Å². The molecule has 0 amide bonds. The highest BCUT2D eigenvalue weighted by molar-refractivity contribution is 6.21. The van der Waals surface area contributed by atoms with Gasteiger partial charge >= 0.3 is 0 Å². The average Bonchev–Trinajstić information content (AvgIpc) is 2.64. The Balaban J connectivity index is 2.35. The van der Waals surface area contributed by atoms with Gasteiger partial charge in [0.1, 0.15) is 6.29 Å². The van der Waals surface area contributed by atoms with E-state index in [0.29, 0.717) is 11.1 Å². The van der Waals surface area contributed by atoms with Crippen LogP contribution in [0, 0.1) is 0 Å². The van der Waals surface area contributed by atoms with Gasteiger partial charge in [0, 0.05) is 16.7 Å². The molecule has 3 rings (SSSR count). The summed E-state index contributed by atoms with van der Waals surface area (Å²) in [4.78, 5) is 22.7. The highest BCUT2D eigenvalue weighted by Crippen LogP contribution is 2.36. The largest absolute Gasteiger partial charge is 0.298 e. The van der Waals surface area contributed by atoms with Gasteiger partial charge in [0.15, 0.2) is 5.78 Å². The summed E-state index contributed by atoms with van der Waals surface area (Å²) in [6.07, 6.45) is 0.797. The third-order valence-corrected chi connectivity index (χ3v) is 2.89. The summed E-state index contributed by atoms with van der Waals surface area (Å²) in [5.74, 6) is 0.0445. The zero-order valence-corrected chi connectivity index (χ0v) is 8.44. The van der Waals surface area contributed by atoms with Gasteiger partial charge in [0.05, 0.1) is 0 Å². The summed E-state index contributed by atoms with van der Waals surface area (Å²) in [5, 5.41) is 0. The summed E-state index contributed by atoms with van der Waals surface area (Å²) in [6, 6.07) is 12.6. The smallest absolute Gasteiger partial charge is 0.194 e. The van der Waals surface area contributed by atoms with E-state index in [4.69, 9.17) is 0 Å². The quantitative estimate of drug-likeness (QED) is 0.576. The first kappa shape index (κ1) is 9.04. The molecule has 0 radical (unpaired) electrons. The van der Waals surface area contributed by atoms with Crippen LogP contribution in [0.25, 0.3) is 11.1 Å². The normalized spacial score (nSPS) is 12.1. The van der Waals surface area contributed by atoms with Crippen LogP contribution in [0.4, 0.5) is 0 Å². The van der Waals surface area contributed by atoms with Crippen LogP contribution in [0.5, 0.6) is 0 Å². The Bertz CT molecular complexity index is 612. The second-order valence-electron chi connectivity index (χ2n) is 3.80. The van der Waals surface area contributed by atoms with Crippen LogP contribution in [0.1, 0.15) is 26.3 Å². The Kier molecular flexibility index (Phi) is 1.77. The fourth-order valence-corrected chi connectivity index (χ4v) is 2.12. The van der Waals surface area contributed by atoms with Crippen LogP contribution < -0.4 is 0 Å². The second-order valence-corrected chi connectivity index (χ2v) is 3.80. The molecule has 1 aliphatic rings. The predicted molar refractivity (Wildman–Crippen MR) is 60.7 cm³/mol. The molecule has 1 aliphatic carbocycles. The number of rotatable bonds is 1. The van der Waals surface area contributed by atoms with Gasteiger partial charge in [0.2, 0.25) is 0 Å². The van der Waals surface area contributed by atoms with Crippen molar-refractivity contribution in [1.29, 1.82) is 0 Å². The van der Waals surface area contributed by atoms with Crippen LogP contribution in [0.2, 0.25) is 0 Å². The summed E-state index contributed by atoms with van der Waals surface area (Å²) >= 11 is 0. The van der Waals surface area contributed by atoms with Crippen LogP contribution in [-0.2, 0) is 0 Å². The zero-order chi connectivity index (χ0) is 11.1. The Morgan fingerprint density at radius 1 is 0.812 bits per heavy atom. The molecule has 0 N–H and O–H groups in total. The molecule has 76 valence electrons. The molecule has 2 heteroatoms. The van der Waals surface area contributed by atoms with Crippen LogP contribution in [0.3, 0.4) is 0 Å². The zero-order valence-electron chi connectivity index (χ0n) is 8.44. The average molecular weight is 208 g/mol. The number of hydrogen-bond donors (Lipinski definition) is 0. The van der Waals surface area contributed by atoms with E-state index < -0.39 is 0 Å². The highest BCUT2D eigenvalue weighted by atomic mass is 16.1. The lowest BCUT2D eigenvalue weighted by Gasteiger charge is -1.99. The van der Waals surface area contributed by atoms with E-state index in [0.717, 1.165) is 23.0 Å². The van der Waals surface area contributed by atoms with E-state index in [-0.39, 0.29) is 5.78 Å². The minimum absolute atomic E-state index is 0.0445. The van der Waals surface area contributed by atoms with Gasteiger partial charge in [-0.15, -0.1) is 0 Å². The maximum Gasteiger partial charge on any atom is 0.194 e. The third kappa shape index (κ3) is 1.07. The first-order valence-electron chi connectivity index (χ1n) is 5.04. The van der Waals surface area contributed by atoms with Gasteiger partial charge in [-0.1, -0.05) is 30.3 Å². The van der Waals surface area contributed by atoms with Gasteiger partial charge in [-0.05, 0) is 23.3 Å². The molecule has 2 aromatic rings. The molecular formula is C14H8O2. The summed E-state index contributed by atoms with van der Waals surface area (Å²) in [7, 11) is 0. The molecule has 0 fully saturated rings. The molecule has 0 heterocycles. The summed E-state index contributed by atoms with van der Waals surface area (Å²) < 4.78 is 0. The molecule has 0 bridgehead atoms. The number of carbonyl (C=O) groups excluding carboxylic acids is 2. The second kappa shape index (κ2) is 3.14. The van der Waals surface area contributed by atoms with Gasteiger partial charge < -0.3 is 0 Å². The van der Waals surface area contributed by atoms with Crippen molar-refractivity contribution in [2.24, 2.45) is 0 Å². The minimum atomic E-state index is 0.0445. The monoisotopic (exact) mass is 208 g/mol. The van der Waals surface area contributed by atoms with E-state index in [1.807, 2.05) is 24.3 Å². The molecule has 2 nitrogen and oxygen atoms in total. The van der Waals surface area contributed by atoms with Crippen molar-refractivity contribution in [3.63, 3.8) is 0 Å². The predicted octanol–water partition coefficient (Wildman–Crippen LogP) is 2.71. The summed E-state index contributed by atoms with van der Waals surface area (Å²) in [5.41, 5.74) is 3.80. The summed E-state index contributed by atoms with van der Waals surface area (Å²) in [6.45, 7) is 0. The van der Waals surface area contributed by atoms with Gasteiger partial charge in [-0.25, -0.2) is 0 Å². The van der Waals surface area contributed by atoms with E-state index >= 15 is 0 Å². The molecule has 0 aromatic heterocycles. The Hall–Kier alpha value is -2.22. The van der Waals surface area contributed by atoms with E-state index in [9.17, 15) is 9.59 Å². The lowest BCUT2D eigenvalue weighted by Crippen LogP contribution is -1.94. The molecule has 0 unspecified atom stereocenters. The fraction of sp³-hybridized carbons (Fsp3) is 0. The lowest BCUT2D eigenvalue weighted by molar-refractivity contribution is 0.104. The SMILES string of the molecule is O=Cc1ccc2c(c1)-c1ccccc1C2=O. The molecular weight excluding hydrogens is 200 g/mol. The van der Waals surface area contributed by atoms with Crippen molar-refractivity contribution in [2.45, 2.75) is 0 Å². The van der Waals surface area contributed by atoms with Gasteiger partial charge in [-0.2, -0.15) is 0 Å². The number of fused-ring (bicyclic) bond motifs is 3. The van der Waals surface area contributed by atoms with Gasteiger partial charge in [0.25, 0.3) is 0 Å². The molecule has 0 saturated carbocycles. The van der Waals surface area contributed by atoms with Crippen molar-refractivity contribution in [1.82, 2.24) is 0 Å². The van der Waals surface area contributed by atoms with Crippen LogP contribution >= 0.6 is 0 Å². The van der Waals surface area contributed by atoms with Crippen molar-refractivity contribution < 1.29 is 9.59 Å². The number of aldehydes is 1. The Morgan fingerprint density at radius 3 is 2.25 bits per heavy atom. The Labute approximate surface area is 92.5 Å². The van der Waals surface area contributed by atoms with E-state index in [1.54, 1.807) is 18.2 Å². The Morgan fingerprint density at radius 2 is 1.50 bits per heavy atom. The van der Waals surface area contributed by atoms with Crippen molar-refractivity contribution >= 4 is 12.1 Å².